The number of hydrogen-bond acceptors (Lipinski definition) is 3. The van der Waals surface area contributed by atoms with E-state index in [1.54, 1.807) is 12.1 Å². The largest absolute Gasteiger partial charge is 0.354 e. The summed E-state index contributed by atoms with van der Waals surface area (Å²) in [6.45, 7) is 5.05. The Hall–Kier alpha value is -2.18. The Balaban J connectivity index is 1.47. The van der Waals surface area contributed by atoms with Gasteiger partial charge in [-0.15, -0.1) is 0 Å². The van der Waals surface area contributed by atoms with Gasteiger partial charge in [0.2, 0.25) is 5.91 Å². The molecule has 1 atom stereocenters. The zero-order chi connectivity index (χ0) is 19.9. The van der Waals surface area contributed by atoms with Gasteiger partial charge in [0, 0.05) is 28.3 Å². The molecule has 28 heavy (non-hydrogen) atoms. The van der Waals surface area contributed by atoms with E-state index in [0.717, 1.165) is 29.5 Å². The van der Waals surface area contributed by atoms with E-state index in [1.807, 2.05) is 36.4 Å². The number of likely N-dealkylation sites (N-methyl/N-ethyl adjacent to an activating group) is 1. The molecule has 2 aromatic rings. The van der Waals surface area contributed by atoms with Crippen molar-refractivity contribution < 1.29 is 9.59 Å². The summed E-state index contributed by atoms with van der Waals surface area (Å²) in [6, 6.07) is 15.1. The minimum atomic E-state index is -0.157. The maximum Gasteiger partial charge on any atom is 0.255 e. The number of rotatable bonds is 7. The Kier molecular flexibility index (Phi) is 7.23. The number of anilines is 1. The van der Waals surface area contributed by atoms with Crippen LogP contribution in [-0.2, 0) is 11.2 Å². The molecule has 5 nitrogen and oxygen atoms in total. The second-order valence-corrected chi connectivity index (χ2v) is 7.98. The number of hydrogen-bond donors (Lipinski definition) is 2. The molecule has 148 valence electrons. The standard InChI is InChI=1S/C22H26BrN3O2/c1-2-26-13-3-4-20(26)15-24-21(27)14-16-5-11-19(12-6-16)25-22(28)17-7-9-18(23)10-8-17/h5-12,20H,2-4,13-15H2,1H3,(H,24,27)(H,25,28). The van der Waals surface area contributed by atoms with E-state index in [0.29, 0.717) is 30.3 Å². The van der Waals surface area contributed by atoms with Crippen LogP contribution in [0.5, 0.6) is 0 Å². The van der Waals surface area contributed by atoms with Gasteiger partial charge in [0.1, 0.15) is 0 Å². The van der Waals surface area contributed by atoms with Crippen molar-refractivity contribution in [2.75, 3.05) is 25.0 Å². The van der Waals surface area contributed by atoms with Gasteiger partial charge in [-0.1, -0.05) is 35.0 Å². The third-order valence-electron chi connectivity index (χ3n) is 5.12. The first-order valence-corrected chi connectivity index (χ1v) is 10.5. The summed E-state index contributed by atoms with van der Waals surface area (Å²) >= 11 is 3.36. The third kappa shape index (κ3) is 5.66. The van der Waals surface area contributed by atoms with Crippen LogP contribution in [0, 0.1) is 0 Å². The van der Waals surface area contributed by atoms with Gasteiger partial charge >= 0.3 is 0 Å². The number of nitrogens with one attached hydrogen (secondary N) is 2. The Morgan fingerprint density at radius 3 is 2.50 bits per heavy atom. The zero-order valence-electron chi connectivity index (χ0n) is 16.1. The van der Waals surface area contributed by atoms with Crippen molar-refractivity contribution in [2.24, 2.45) is 0 Å². The Morgan fingerprint density at radius 1 is 1.11 bits per heavy atom. The lowest BCUT2D eigenvalue weighted by atomic mass is 10.1. The van der Waals surface area contributed by atoms with Gasteiger partial charge in [-0.25, -0.2) is 0 Å². The van der Waals surface area contributed by atoms with Crippen LogP contribution in [0.3, 0.4) is 0 Å². The molecule has 1 aliphatic rings. The van der Waals surface area contributed by atoms with Crippen LogP contribution in [0.4, 0.5) is 5.69 Å². The summed E-state index contributed by atoms with van der Waals surface area (Å²) in [4.78, 5) is 26.9. The summed E-state index contributed by atoms with van der Waals surface area (Å²) in [5, 5.41) is 5.93. The van der Waals surface area contributed by atoms with Gasteiger partial charge in [-0.05, 0) is 67.9 Å². The second-order valence-electron chi connectivity index (χ2n) is 7.06. The second kappa shape index (κ2) is 9.85. The van der Waals surface area contributed by atoms with Gasteiger partial charge in [-0.3, -0.25) is 14.5 Å². The van der Waals surface area contributed by atoms with Gasteiger partial charge in [-0.2, -0.15) is 0 Å². The fourth-order valence-electron chi connectivity index (χ4n) is 3.53. The highest BCUT2D eigenvalue weighted by Crippen LogP contribution is 2.16. The molecule has 1 aliphatic heterocycles. The molecule has 1 unspecified atom stereocenters. The molecule has 1 heterocycles. The molecule has 2 aromatic carbocycles. The molecule has 1 fully saturated rings. The van der Waals surface area contributed by atoms with Crippen molar-refractivity contribution in [1.82, 2.24) is 10.2 Å². The highest BCUT2D eigenvalue weighted by Gasteiger charge is 2.23. The lowest BCUT2D eigenvalue weighted by Gasteiger charge is -2.22. The fourth-order valence-corrected chi connectivity index (χ4v) is 3.80. The summed E-state index contributed by atoms with van der Waals surface area (Å²) in [5.74, 6) is -0.121. The molecule has 0 aliphatic carbocycles. The van der Waals surface area contributed by atoms with Gasteiger partial charge in [0.15, 0.2) is 0 Å². The van der Waals surface area contributed by atoms with Crippen LogP contribution in [0.1, 0.15) is 35.7 Å². The molecule has 2 amide bonds. The van der Waals surface area contributed by atoms with E-state index in [2.05, 4.69) is 38.4 Å². The smallest absolute Gasteiger partial charge is 0.255 e. The normalized spacial score (nSPS) is 16.7. The number of likely N-dealkylation sites (tertiary alicyclic amines) is 1. The Morgan fingerprint density at radius 2 is 1.82 bits per heavy atom. The quantitative estimate of drug-likeness (QED) is 0.682. The summed E-state index contributed by atoms with van der Waals surface area (Å²) in [6.07, 6.45) is 2.71. The van der Waals surface area contributed by atoms with Crippen LogP contribution in [-0.4, -0.2) is 42.4 Å². The average Bonchev–Trinajstić information content (AvgIpc) is 3.16. The van der Waals surface area contributed by atoms with Crippen LogP contribution >= 0.6 is 15.9 Å². The van der Waals surface area contributed by atoms with Crippen molar-refractivity contribution in [3.8, 4) is 0 Å². The van der Waals surface area contributed by atoms with Crippen LogP contribution < -0.4 is 10.6 Å². The fraction of sp³-hybridized carbons (Fsp3) is 0.364. The molecule has 2 N–H and O–H groups in total. The first-order chi connectivity index (χ1) is 13.5. The minimum absolute atomic E-state index is 0.0367. The van der Waals surface area contributed by atoms with E-state index < -0.39 is 0 Å². The van der Waals surface area contributed by atoms with Gasteiger partial charge < -0.3 is 10.6 Å². The molecule has 3 rings (SSSR count). The van der Waals surface area contributed by atoms with Crippen LogP contribution in [0.2, 0.25) is 0 Å². The number of amides is 2. The lowest BCUT2D eigenvalue weighted by Crippen LogP contribution is -2.40. The molecule has 0 radical (unpaired) electrons. The number of carbonyl (C=O) groups excluding carboxylic acids is 2. The predicted molar refractivity (Wildman–Crippen MR) is 116 cm³/mol. The van der Waals surface area contributed by atoms with E-state index in [4.69, 9.17) is 0 Å². The zero-order valence-corrected chi connectivity index (χ0v) is 17.7. The summed E-state index contributed by atoms with van der Waals surface area (Å²) < 4.78 is 0.932. The predicted octanol–water partition coefficient (Wildman–Crippen LogP) is 3.84. The maximum atomic E-state index is 12.3. The van der Waals surface area contributed by atoms with E-state index in [9.17, 15) is 9.59 Å². The van der Waals surface area contributed by atoms with E-state index in [-0.39, 0.29) is 11.8 Å². The first kappa shape index (κ1) is 20.6. The van der Waals surface area contributed by atoms with Crippen molar-refractivity contribution in [1.29, 1.82) is 0 Å². The molecule has 0 saturated carbocycles. The molecule has 6 heteroatoms. The number of carbonyl (C=O) groups is 2. The summed E-state index contributed by atoms with van der Waals surface area (Å²) in [5.41, 5.74) is 2.24. The van der Waals surface area contributed by atoms with E-state index in [1.165, 1.54) is 6.42 Å². The van der Waals surface area contributed by atoms with Crippen molar-refractivity contribution in [3.05, 3.63) is 64.1 Å². The molecular weight excluding hydrogens is 418 g/mol. The minimum Gasteiger partial charge on any atom is -0.354 e. The van der Waals surface area contributed by atoms with Crippen molar-refractivity contribution in [3.63, 3.8) is 0 Å². The topological polar surface area (TPSA) is 61.4 Å². The maximum absolute atomic E-state index is 12.3. The first-order valence-electron chi connectivity index (χ1n) is 9.71. The lowest BCUT2D eigenvalue weighted by molar-refractivity contribution is -0.120. The molecule has 0 aromatic heterocycles. The van der Waals surface area contributed by atoms with Crippen molar-refractivity contribution >= 4 is 33.4 Å². The van der Waals surface area contributed by atoms with Gasteiger partial charge in [0.05, 0.1) is 6.42 Å². The molecule has 0 bridgehead atoms. The number of benzene rings is 2. The highest BCUT2D eigenvalue weighted by molar-refractivity contribution is 9.10. The monoisotopic (exact) mass is 443 g/mol. The number of halogens is 1. The van der Waals surface area contributed by atoms with Gasteiger partial charge in [0.25, 0.3) is 5.91 Å². The van der Waals surface area contributed by atoms with Crippen molar-refractivity contribution in [2.45, 2.75) is 32.2 Å². The van der Waals surface area contributed by atoms with Crippen LogP contribution in [0.25, 0.3) is 0 Å². The third-order valence-corrected chi connectivity index (χ3v) is 5.65. The number of nitrogens with zero attached hydrogens (tertiary/aromatic N) is 1. The molecule has 1 saturated heterocycles. The summed E-state index contributed by atoms with van der Waals surface area (Å²) in [7, 11) is 0. The molecular formula is C22H26BrN3O2. The van der Waals surface area contributed by atoms with E-state index >= 15 is 0 Å². The highest BCUT2D eigenvalue weighted by atomic mass is 79.9. The SMILES string of the molecule is CCN1CCCC1CNC(=O)Cc1ccc(NC(=O)c2ccc(Br)cc2)cc1. The average molecular weight is 444 g/mol. The Labute approximate surface area is 174 Å². The van der Waals surface area contributed by atoms with Crippen LogP contribution in [0.15, 0.2) is 53.0 Å². The molecule has 0 spiro atoms. The Bertz CT molecular complexity index is 806.